The summed E-state index contributed by atoms with van der Waals surface area (Å²) in [6.45, 7) is 0.907. The van der Waals surface area contributed by atoms with Crippen molar-refractivity contribution in [1.29, 1.82) is 0 Å². The number of rotatable bonds is 3. The Morgan fingerprint density at radius 2 is 1.78 bits per heavy atom. The van der Waals surface area contributed by atoms with Gasteiger partial charge < -0.3 is 4.98 Å². The van der Waals surface area contributed by atoms with Crippen molar-refractivity contribution < 1.29 is 8.42 Å². The molecule has 1 aliphatic carbocycles. The highest BCUT2D eigenvalue weighted by molar-refractivity contribution is 7.86. The second kappa shape index (κ2) is 6.54. The summed E-state index contributed by atoms with van der Waals surface area (Å²) in [6, 6.07) is 9.63. The fourth-order valence-corrected chi connectivity index (χ4v) is 5.35. The minimum atomic E-state index is -3.40. The van der Waals surface area contributed by atoms with Crippen molar-refractivity contribution in [3.63, 3.8) is 0 Å². The molecule has 7 nitrogen and oxygen atoms in total. The molecular weight excluding hydrogens is 364 g/mol. The molecule has 1 aromatic carbocycles. The Labute approximate surface area is 159 Å². The van der Waals surface area contributed by atoms with E-state index in [4.69, 9.17) is 4.98 Å². The van der Waals surface area contributed by atoms with Crippen LogP contribution in [0.4, 0.5) is 0 Å². The first-order valence-electron chi connectivity index (χ1n) is 9.20. The molecule has 144 valence electrons. The Kier molecular flexibility index (Phi) is 4.44. The predicted molar refractivity (Wildman–Crippen MR) is 104 cm³/mol. The summed E-state index contributed by atoms with van der Waals surface area (Å²) in [5.74, 6) is 0.587. The third-order valence-corrected chi connectivity index (χ3v) is 7.83. The standard InChI is InChI=1S/C19H24N4O3S/c1-22(2)27(25,26)23-12-10-19(11-13-23)9-8-15-16(19)20-17(21-18(15)24)14-6-4-3-5-7-14/h3-7H,8-13H2,1-2H3,(H,20,21,24). The monoisotopic (exact) mass is 388 g/mol. The van der Waals surface area contributed by atoms with E-state index >= 15 is 0 Å². The van der Waals surface area contributed by atoms with Gasteiger partial charge in [0.2, 0.25) is 0 Å². The van der Waals surface area contributed by atoms with E-state index in [-0.39, 0.29) is 11.0 Å². The second-order valence-electron chi connectivity index (χ2n) is 7.58. The van der Waals surface area contributed by atoms with Gasteiger partial charge in [-0.15, -0.1) is 0 Å². The number of aromatic nitrogens is 2. The van der Waals surface area contributed by atoms with Gasteiger partial charge in [0.15, 0.2) is 0 Å². The molecule has 1 saturated heterocycles. The van der Waals surface area contributed by atoms with Crippen molar-refractivity contribution in [3.05, 3.63) is 51.9 Å². The fourth-order valence-electron chi connectivity index (χ4n) is 4.25. The number of H-pyrrole nitrogens is 1. The molecular formula is C19H24N4O3S. The Hall–Kier alpha value is -2.03. The third-order valence-electron chi connectivity index (χ3n) is 5.89. The van der Waals surface area contributed by atoms with Crippen LogP contribution in [-0.4, -0.2) is 54.2 Å². The fraction of sp³-hybridized carbons (Fsp3) is 0.474. The van der Waals surface area contributed by atoms with Gasteiger partial charge in [-0.25, -0.2) is 4.98 Å². The molecule has 0 saturated carbocycles. The first kappa shape index (κ1) is 18.3. The average Bonchev–Trinajstić information content (AvgIpc) is 3.01. The van der Waals surface area contributed by atoms with Crippen molar-refractivity contribution >= 4 is 10.2 Å². The summed E-state index contributed by atoms with van der Waals surface area (Å²) in [5, 5.41) is 0. The van der Waals surface area contributed by atoms with Gasteiger partial charge in [-0.05, 0) is 25.7 Å². The highest BCUT2D eigenvalue weighted by Gasteiger charge is 2.45. The maximum absolute atomic E-state index is 12.6. The van der Waals surface area contributed by atoms with Crippen LogP contribution in [0.2, 0.25) is 0 Å². The van der Waals surface area contributed by atoms with Crippen LogP contribution in [0.3, 0.4) is 0 Å². The molecule has 0 unspecified atom stereocenters. The quantitative estimate of drug-likeness (QED) is 0.864. The van der Waals surface area contributed by atoms with Gasteiger partial charge in [0.25, 0.3) is 15.8 Å². The Balaban J connectivity index is 1.68. The number of hydrogen-bond acceptors (Lipinski definition) is 4. The molecule has 2 aromatic rings. The topological polar surface area (TPSA) is 86.4 Å². The maximum Gasteiger partial charge on any atom is 0.281 e. The Morgan fingerprint density at radius 1 is 1.11 bits per heavy atom. The van der Waals surface area contributed by atoms with E-state index in [1.165, 1.54) is 8.61 Å². The summed E-state index contributed by atoms with van der Waals surface area (Å²) < 4.78 is 27.6. The van der Waals surface area contributed by atoms with Gasteiger partial charge in [0.1, 0.15) is 5.82 Å². The molecule has 1 fully saturated rings. The van der Waals surface area contributed by atoms with Crippen molar-refractivity contribution in [2.24, 2.45) is 0 Å². The first-order chi connectivity index (χ1) is 12.8. The smallest absolute Gasteiger partial charge is 0.281 e. The van der Waals surface area contributed by atoms with Gasteiger partial charge in [-0.3, -0.25) is 4.79 Å². The maximum atomic E-state index is 12.6. The van der Waals surface area contributed by atoms with E-state index in [9.17, 15) is 13.2 Å². The summed E-state index contributed by atoms with van der Waals surface area (Å²) in [4.78, 5) is 20.4. The van der Waals surface area contributed by atoms with Crippen molar-refractivity contribution in [3.8, 4) is 11.4 Å². The Morgan fingerprint density at radius 3 is 2.41 bits per heavy atom. The van der Waals surface area contributed by atoms with E-state index in [1.54, 1.807) is 14.1 Å². The van der Waals surface area contributed by atoms with Crippen molar-refractivity contribution in [2.45, 2.75) is 31.1 Å². The number of fused-ring (bicyclic) bond motifs is 2. The van der Waals surface area contributed by atoms with Crippen LogP contribution in [0.15, 0.2) is 35.1 Å². The molecule has 1 aliphatic heterocycles. The lowest BCUT2D eigenvalue weighted by molar-refractivity contribution is 0.221. The molecule has 8 heteroatoms. The summed E-state index contributed by atoms with van der Waals surface area (Å²) in [6.07, 6.45) is 2.94. The molecule has 0 atom stereocenters. The molecule has 1 N–H and O–H groups in total. The molecule has 2 aliphatic rings. The molecule has 1 aromatic heterocycles. The zero-order chi connectivity index (χ0) is 19.2. The third kappa shape index (κ3) is 3.01. The van der Waals surface area contributed by atoms with Gasteiger partial charge in [0.05, 0.1) is 5.69 Å². The number of piperidine rings is 1. The lowest BCUT2D eigenvalue weighted by Crippen LogP contribution is -2.48. The van der Waals surface area contributed by atoms with Gasteiger partial charge in [-0.1, -0.05) is 30.3 Å². The van der Waals surface area contributed by atoms with Crippen LogP contribution < -0.4 is 5.56 Å². The average molecular weight is 388 g/mol. The largest absolute Gasteiger partial charge is 0.306 e. The number of nitrogens with one attached hydrogen (secondary N) is 1. The van der Waals surface area contributed by atoms with Crippen LogP contribution >= 0.6 is 0 Å². The highest BCUT2D eigenvalue weighted by Crippen LogP contribution is 2.45. The van der Waals surface area contributed by atoms with Gasteiger partial charge >= 0.3 is 0 Å². The van der Waals surface area contributed by atoms with Crippen LogP contribution in [0, 0.1) is 0 Å². The van der Waals surface area contributed by atoms with Crippen LogP contribution in [0.25, 0.3) is 11.4 Å². The SMILES string of the molecule is CN(C)S(=O)(=O)N1CCC2(CCc3c2nc(-c2ccccc2)[nH]c3=O)CC1. The van der Waals surface area contributed by atoms with E-state index in [0.29, 0.717) is 38.2 Å². The number of hydrogen-bond donors (Lipinski definition) is 1. The van der Waals surface area contributed by atoms with E-state index in [0.717, 1.165) is 23.2 Å². The summed E-state index contributed by atoms with van der Waals surface area (Å²) in [7, 11) is -0.298. The highest BCUT2D eigenvalue weighted by atomic mass is 32.2. The minimum absolute atomic E-state index is 0.0703. The van der Waals surface area contributed by atoms with Crippen LogP contribution in [0.5, 0.6) is 0 Å². The van der Waals surface area contributed by atoms with Crippen molar-refractivity contribution in [2.75, 3.05) is 27.2 Å². The first-order valence-corrected chi connectivity index (χ1v) is 10.6. The lowest BCUT2D eigenvalue weighted by Gasteiger charge is -2.39. The number of aromatic amines is 1. The molecule has 2 heterocycles. The van der Waals surface area contributed by atoms with Crippen molar-refractivity contribution in [1.82, 2.24) is 18.6 Å². The van der Waals surface area contributed by atoms with E-state index in [2.05, 4.69) is 4.98 Å². The second-order valence-corrected chi connectivity index (χ2v) is 9.72. The molecule has 0 amide bonds. The predicted octanol–water partition coefficient (Wildman–Crippen LogP) is 1.52. The molecule has 0 bridgehead atoms. The summed E-state index contributed by atoms with van der Waals surface area (Å²) in [5.41, 5.74) is 2.24. The van der Waals surface area contributed by atoms with Gasteiger partial charge in [0, 0.05) is 43.7 Å². The molecule has 4 rings (SSSR count). The summed E-state index contributed by atoms with van der Waals surface area (Å²) >= 11 is 0. The zero-order valence-electron chi connectivity index (χ0n) is 15.6. The molecule has 27 heavy (non-hydrogen) atoms. The molecule has 0 radical (unpaired) electrons. The van der Waals surface area contributed by atoms with Crippen LogP contribution in [0.1, 0.15) is 30.5 Å². The lowest BCUT2D eigenvalue weighted by atomic mass is 9.76. The normalized spacial score (nSPS) is 19.5. The van der Waals surface area contributed by atoms with Crippen LogP contribution in [-0.2, 0) is 22.0 Å². The van der Waals surface area contributed by atoms with Gasteiger partial charge in [-0.2, -0.15) is 17.0 Å². The van der Waals surface area contributed by atoms with E-state index in [1.807, 2.05) is 30.3 Å². The Bertz CT molecular complexity index is 1010. The minimum Gasteiger partial charge on any atom is -0.306 e. The number of nitrogens with zero attached hydrogens (tertiary/aromatic N) is 3. The zero-order valence-corrected chi connectivity index (χ0v) is 16.4. The van der Waals surface area contributed by atoms with E-state index < -0.39 is 10.2 Å². The number of benzene rings is 1. The molecule has 1 spiro atoms.